The predicted octanol–water partition coefficient (Wildman–Crippen LogP) is 4.66. The van der Waals surface area contributed by atoms with E-state index in [1.54, 1.807) is 34.6 Å². The highest BCUT2D eigenvalue weighted by atomic mass is 35.5. The van der Waals surface area contributed by atoms with Gasteiger partial charge in [0.15, 0.2) is 0 Å². The lowest BCUT2D eigenvalue weighted by molar-refractivity contribution is 0.0950. The molecule has 0 spiro atoms. The minimum Gasteiger partial charge on any atom is -0.348 e. The quantitative estimate of drug-likeness (QED) is 0.474. The molecule has 0 saturated carbocycles. The Balaban J connectivity index is 1.44. The van der Waals surface area contributed by atoms with E-state index in [2.05, 4.69) is 15.5 Å². The van der Waals surface area contributed by atoms with Gasteiger partial charge in [0.25, 0.3) is 5.91 Å². The number of halogens is 2. The largest absolute Gasteiger partial charge is 0.348 e. The summed E-state index contributed by atoms with van der Waals surface area (Å²) in [6.07, 6.45) is 3.57. The van der Waals surface area contributed by atoms with Crippen molar-refractivity contribution in [2.75, 3.05) is 0 Å². The van der Waals surface area contributed by atoms with Gasteiger partial charge in [0, 0.05) is 23.3 Å². The second-order valence-corrected chi connectivity index (χ2v) is 7.64. The van der Waals surface area contributed by atoms with Crippen LogP contribution in [0.1, 0.15) is 27.2 Å². The zero-order chi connectivity index (χ0) is 21.1. The number of amides is 1. The lowest BCUT2D eigenvalue weighted by Gasteiger charge is -2.05. The molecule has 2 aromatic heterocycles. The molecule has 1 amide bonds. The number of nitrogens with one attached hydrogen (secondary N) is 1. The maximum atomic E-state index is 12.7. The van der Waals surface area contributed by atoms with Gasteiger partial charge in [0.05, 0.1) is 29.7 Å². The highest BCUT2D eigenvalue weighted by Gasteiger charge is 2.20. The molecule has 30 heavy (non-hydrogen) atoms. The maximum absolute atomic E-state index is 12.7. The third-order valence-corrected chi connectivity index (χ3v) is 5.28. The summed E-state index contributed by atoms with van der Waals surface area (Å²) in [7, 11) is 0. The molecule has 0 aliphatic carbocycles. The van der Waals surface area contributed by atoms with E-state index >= 15 is 0 Å². The van der Waals surface area contributed by atoms with Crippen molar-refractivity contribution in [3.8, 4) is 5.69 Å². The number of benzene rings is 2. The molecule has 0 saturated heterocycles. The molecule has 4 aromatic rings. The van der Waals surface area contributed by atoms with Crippen molar-refractivity contribution < 1.29 is 4.79 Å². The average Bonchev–Trinajstić information content (AvgIpc) is 3.32. The summed E-state index contributed by atoms with van der Waals surface area (Å²) in [6.45, 7) is 2.61. The molecular formula is C22H19Cl2N5O. The van der Waals surface area contributed by atoms with Crippen LogP contribution in [0.4, 0.5) is 0 Å². The first-order chi connectivity index (χ1) is 14.5. The summed E-state index contributed by atoms with van der Waals surface area (Å²) in [5.41, 5.74) is 3.79. The second-order valence-electron chi connectivity index (χ2n) is 6.85. The van der Waals surface area contributed by atoms with Crippen molar-refractivity contribution in [3.63, 3.8) is 0 Å². The van der Waals surface area contributed by atoms with Gasteiger partial charge in [-0.25, -0.2) is 9.36 Å². The Hall–Kier alpha value is -3.09. The molecule has 0 fully saturated rings. The number of aryl methyl sites for hydroxylation is 1. The highest BCUT2D eigenvalue weighted by molar-refractivity contribution is 6.33. The van der Waals surface area contributed by atoms with Crippen LogP contribution in [0.3, 0.4) is 0 Å². The fraction of sp³-hybridized carbons (Fsp3) is 0.136. The summed E-state index contributed by atoms with van der Waals surface area (Å²) in [6, 6.07) is 17.2. The van der Waals surface area contributed by atoms with E-state index in [0.717, 1.165) is 16.8 Å². The highest BCUT2D eigenvalue weighted by Crippen LogP contribution is 2.21. The van der Waals surface area contributed by atoms with Crippen LogP contribution in [0.25, 0.3) is 5.69 Å². The van der Waals surface area contributed by atoms with Crippen LogP contribution in [0.5, 0.6) is 0 Å². The lowest BCUT2D eigenvalue weighted by atomic mass is 10.2. The number of nitrogens with zero attached hydrogens (tertiary/aromatic N) is 4. The van der Waals surface area contributed by atoms with Crippen LogP contribution in [-0.2, 0) is 13.1 Å². The molecule has 152 valence electrons. The van der Waals surface area contributed by atoms with E-state index in [1.165, 1.54) is 0 Å². The summed E-state index contributed by atoms with van der Waals surface area (Å²) in [5.74, 6) is -0.268. The Bertz CT molecular complexity index is 1170. The molecule has 2 heterocycles. The van der Waals surface area contributed by atoms with E-state index in [1.807, 2.05) is 48.7 Å². The number of aromatic nitrogens is 4. The van der Waals surface area contributed by atoms with E-state index in [4.69, 9.17) is 23.2 Å². The second kappa shape index (κ2) is 8.73. The Labute approximate surface area is 184 Å². The first kappa shape index (κ1) is 20.2. The van der Waals surface area contributed by atoms with Gasteiger partial charge in [-0.1, -0.05) is 53.5 Å². The van der Waals surface area contributed by atoms with Gasteiger partial charge in [-0.2, -0.15) is 10.2 Å². The van der Waals surface area contributed by atoms with Crippen LogP contribution >= 0.6 is 23.2 Å². The summed E-state index contributed by atoms with van der Waals surface area (Å²) >= 11 is 12.4. The van der Waals surface area contributed by atoms with Crippen LogP contribution in [0.15, 0.2) is 67.0 Å². The minimum absolute atomic E-state index is 0.268. The average molecular weight is 440 g/mol. The monoisotopic (exact) mass is 439 g/mol. The summed E-state index contributed by atoms with van der Waals surface area (Å²) in [4.78, 5) is 12.7. The molecular weight excluding hydrogens is 421 g/mol. The summed E-state index contributed by atoms with van der Waals surface area (Å²) in [5, 5.41) is 12.6. The van der Waals surface area contributed by atoms with Crippen LogP contribution in [0.2, 0.25) is 10.2 Å². The first-order valence-corrected chi connectivity index (χ1v) is 10.1. The molecule has 1 N–H and O–H groups in total. The van der Waals surface area contributed by atoms with E-state index in [0.29, 0.717) is 34.5 Å². The van der Waals surface area contributed by atoms with Crippen molar-refractivity contribution in [1.29, 1.82) is 0 Å². The number of carbonyl (C=O) groups excluding carboxylic acids is 1. The van der Waals surface area contributed by atoms with Crippen molar-refractivity contribution in [2.45, 2.75) is 20.0 Å². The standard InChI is InChI=1S/C22H19Cl2N5O/c1-15-20(21(24)29(27-15)13-16-5-3-2-4-6-16)22(30)25-11-17-12-26-28(14-17)19-9-7-18(23)8-10-19/h2-10,12,14H,11,13H2,1H3,(H,25,30). The normalized spacial score (nSPS) is 10.9. The fourth-order valence-electron chi connectivity index (χ4n) is 3.13. The topological polar surface area (TPSA) is 64.7 Å². The summed E-state index contributed by atoms with van der Waals surface area (Å²) < 4.78 is 3.37. The van der Waals surface area contributed by atoms with Gasteiger partial charge in [0.2, 0.25) is 0 Å². The van der Waals surface area contributed by atoms with Crippen LogP contribution in [0, 0.1) is 6.92 Å². The van der Waals surface area contributed by atoms with Gasteiger partial charge in [-0.3, -0.25) is 4.79 Å². The molecule has 0 unspecified atom stereocenters. The minimum atomic E-state index is -0.268. The van der Waals surface area contributed by atoms with Gasteiger partial charge >= 0.3 is 0 Å². The zero-order valence-corrected chi connectivity index (χ0v) is 17.7. The predicted molar refractivity (Wildman–Crippen MR) is 117 cm³/mol. The molecule has 8 heteroatoms. The van der Waals surface area contributed by atoms with Gasteiger partial charge in [0.1, 0.15) is 5.15 Å². The zero-order valence-electron chi connectivity index (χ0n) is 16.2. The van der Waals surface area contributed by atoms with Crippen molar-refractivity contribution in [2.24, 2.45) is 0 Å². The fourth-order valence-corrected chi connectivity index (χ4v) is 3.58. The third kappa shape index (κ3) is 4.40. The molecule has 2 aromatic carbocycles. The molecule has 0 aliphatic heterocycles. The van der Waals surface area contributed by atoms with Crippen molar-refractivity contribution >= 4 is 29.1 Å². The number of hydrogen-bond acceptors (Lipinski definition) is 3. The van der Waals surface area contributed by atoms with E-state index < -0.39 is 0 Å². The van der Waals surface area contributed by atoms with Crippen LogP contribution < -0.4 is 5.32 Å². The third-order valence-electron chi connectivity index (χ3n) is 4.65. The van der Waals surface area contributed by atoms with Gasteiger partial charge in [-0.15, -0.1) is 0 Å². The maximum Gasteiger partial charge on any atom is 0.256 e. The lowest BCUT2D eigenvalue weighted by Crippen LogP contribution is -2.23. The van der Waals surface area contributed by atoms with Crippen molar-refractivity contribution in [3.05, 3.63) is 99.6 Å². The molecule has 0 aliphatic rings. The Kier molecular flexibility index (Phi) is 5.88. The Morgan fingerprint density at radius 2 is 1.77 bits per heavy atom. The first-order valence-electron chi connectivity index (χ1n) is 9.36. The van der Waals surface area contributed by atoms with Gasteiger partial charge in [-0.05, 0) is 36.8 Å². The van der Waals surface area contributed by atoms with Crippen molar-refractivity contribution in [1.82, 2.24) is 24.9 Å². The molecule has 0 atom stereocenters. The molecule has 0 bridgehead atoms. The smallest absolute Gasteiger partial charge is 0.256 e. The SMILES string of the molecule is Cc1nn(Cc2ccccc2)c(Cl)c1C(=O)NCc1cnn(-c2ccc(Cl)cc2)c1. The van der Waals surface area contributed by atoms with Crippen LogP contribution in [-0.4, -0.2) is 25.5 Å². The number of carbonyl (C=O) groups is 1. The van der Waals surface area contributed by atoms with E-state index in [-0.39, 0.29) is 5.91 Å². The number of rotatable bonds is 6. The molecule has 4 rings (SSSR count). The Morgan fingerprint density at radius 1 is 1.03 bits per heavy atom. The molecule has 0 radical (unpaired) electrons. The number of hydrogen-bond donors (Lipinski definition) is 1. The van der Waals surface area contributed by atoms with Gasteiger partial charge < -0.3 is 5.32 Å². The Morgan fingerprint density at radius 3 is 2.50 bits per heavy atom. The molecule has 6 nitrogen and oxygen atoms in total. The van der Waals surface area contributed by atoms with E-state index in [9.17, 15) is 4.79 Å².